The number of anilines is 1. The fourth-order valence-electron chi connectivity index (χ4n) is 2.46. The van der Waals surface area contributed by atoms with E-state index < -0.39 is 5.82 Å². The molecule has 2 N–H and O–H groups in total. The van der Waals surface area contributed by atoms with Gasteiger partial charge in [0.1, 0.15) is 5.82 Å². The van der Waals surface area contributed by atoms with Gasteiger partial charge in [0.2, 0.25) is 5.91 Å². The smallest absolute Gasteiger partial charge is 0.344 e. The fraction of sp³-hybridized carbons (Fsp3) is 0.400. The molecule has 1 aliphatic rings. The van der Waals surface area contributed by atoms with Crippen LogP contribution in [0.1, 0.15) is 12.8 Å². The first-order valence-corrected chi connectivity index (χ1v) is 8.55. The van der Waals surface area contributed by atoms with Crippen molar-refractivity contribution < 1.29 is 13.9 Å². The number of ether oxygens (including phenoxy) is 1. The van der Waals surface area contributed by atoms with Crippen molar-refractivity contribution in [2.75, 3.05) is 17.7 Å². The first-order valence-electron chi connectivity index (χ1n) is 7.57. The Labute approximate surface area is 141 Å². The highest BCUT2D eigenvalue weighted by Crippen LogP contribution is 2.18. The van der Waals surface area contributed by atoms with Crippen LogP contribution in [0.4, 0.5) is 10.1 Å². The molecule has 0 saturated carbocycles. The highest BCUT2D eigenvalue weighted by Gasteiger charge is 2.20. The Hall–Kier alpha value is -2.13. The van der Waals surface area contributed by atoms with Crippen LogP contribution in [0.25, 0.3) is 0 Å². The van der Waals surface area contributed by atoms with Crippen LogP contribution < -0.4 is 11.0 Å². The van der Waals surface area contributed by atoms with Crippen LogP contribution in [0.3, 0.4) is 0 Å². The van der Waals surface area contributed by atoms with Crippen LogP contribution in [0.5, 0.6) is 0 Å². The van der Waals surface area contributed by atoms with Gasteiger partial charge >= 0.3 is 5.69 Å². The van der Waals surface area contributed by atoms with Crippen molar-refractivity contribution in [3.05, 3.63) is 40.6 Å². The molecule has 1 saturated heterocycles. The van der Waals surface area contributed by atoms with Gasteiger partial charge < -0.3 is 10.1 Å². The maximum atomic E-state index is 13.1. The maximum absolute atomic E-state index is 13.1. The predicted octanol–water partition coefficient (Wildman–Crippen LogP) is 1.62. The topological polar surface area (TPSA) is 89.0 Å². The summed E-state index contributed by atoms with van der Waals surface area (Å²) in [5.74, 6) is -0.658. The monoisotopic (exact) mass is 352 g/mol. The van der Waals surface area contributed by atoms with Crippen LogP contribution in [-0.2, 0) is 16.1 Å². The van der Waals surface area contributed by atoms with Crippen molar-refractivity contribution in [1.29, 1.82) is 0 Å². The van der Waals surface area contributed by atoms with Gasteiger partial charge in [-0.1, -0.05) is 17.8 Å². The number of aromatic nitrogens is 3. The van der Waals surface area contributed by atoms with E-state index in [1.165, 1.54) is 22.8 Å². The number of rotatable bonds is 6. The van der Waals surface area contributed by atoms with Gasteiger partial charge in [-0.25, -0.2) is 14.3 Å². The summed E-state index contributed by atoms with van der Waals surface area (Å²) < 4.78 is 20.1. The maximum Gasteiger partial charge on any atom is 0.344 e. The molecule has 1 unspecified atom stereocenters. The van der Waals surface area contributed by atoms with E-state index >= 15 is 0 Å². The Balaban J connectivity index is 1.58. The van der Waals surface area contributed by atoms with Gasteiger partial charge in [0, 0.05) is 12.3 Å². The molecule has 1 aromatic heterocycles. The highest BCUT2D eigenvalue weighted by atomic mass is 32.2. The summed E-state index contributed by atoms with van der Waals surface area (Å²) in [6.45, 7) is 1.12. The fourth-order valence-corrected chi connectivity index (χ4v) is 3.22. The van der Waals surface area contributed by atoms with Gasteiger partial charge in [0.15, 0.2) is 5.16 Å². The summed E-state index contributed by atoms with van der Waals surface area (Å²) in [5.41, 5.74) is 0.0675. The molecule has 7 nitrogen and oxygen atoms in total. The van der Waals surface area contributed by atoms with Crippen LogP contribution in [-0.4, -0.2) is 39.1 Å². The van der Waals surface area contributed by atoms with E-state index in [4.69, 9.17) is 4.74 Å². The summed E-state index contributed by atoms with van der Waals surface area (Å²) in [5, 5.41) is 9.37. The lowest BCUT2D eigenvalue weighted by molar-refractivity contribution is -0.113. The number of nitrogens with zero attached hydrogens (tertiary/aromatic N) is 2. The van der Waals surface area contributed by atoms with Gasteiger partial charge in [-0.3, -0.25) is 9.36 Å². The summed E-state index contributed by atoms with van der Waals surface area (Å²) in [7, 11) is 0. The zero-order valence-electron chi connectivity index (χ0n) is 12.8. The summed E-state index contributed by atoms with van der Waals surface area (Å²) in [4.78, 5) is 23.8. The number of benzene rings is 1. The van der Waals surface area contributed by atoms with E-state index in [0.29, 0.717) is 24.0 Å². The minimum absolute atomic E-state index is 0.000713. The largest absolute Gasteiger partial charge is 0.376 e. The Morgan fingerprint density at radius 3 is 3.17 bits per heavy atom. The highest BCUT2D eigenvalue weighted by molar-refractivity contribution is 7.99. The van der Waals surface area contributed by atoms with E-state index in [1.807, 2.05) is 0 Å². The van der Waals surface area contributed by atoms with Crippen molar-refractivity contribution in [1.82, 2.24) is 14.8 Å². The molecule has 24 heavy (non-hydrogen) atoms. The predicted molar refractivity (Wildman–Crippen MR) is 87.6 cm³/mol. The molecule has 1 fully saturated rings. The number of amides is 1. The van der Waals surface area contributed by atoms with E-state index in [-0.39, 0.29) is 23.5 Å². The van der Waals surface area contributed by atoms with Crippen LogP contribution >= 0.6 is 11.8 Å². The molecule has 1 aliphatic heterocycles. The van der Waals surface area contributed by atoms with Crippen molar-refractivity contribution in [2.45, 2.75) is 30.6 Å². The van der Waals surface area contributed by atoms with Gasteiger partial charge in [0.25, 0.3) is 0 Å². The molecular formula is C15H17FN4O3S. The number of thioether (sulfide) groups is 1. The molecule has 9 heteroatoms. The first kappa shape index (κ1) is 16.7. The van der Waals surface area contributed by atoms with E-state index in [1.54, 1.807) is 6.07 Å². The lowest BCUT2D eigenvalue weighted by Gasteiger charge is -2.11. The second-order valence-electron chi connectivity index (χ2n) is 5.40. The number of halogens is 1. The van der Waals surface area contributed by atoms with Crippen LogP contribution in [0.2, 0.25) is 0 Å². The average molecular weight is 352 g/mol. The molecule has 0 aliphatic carbocycles. The Kier molecular flexibility index (Phi) is 5.31. The molecule has 2 aromatic rings. The molecular weight excluding hydrogens is 335 g/mol. The minimum atomic E-state index is -0.418. The second kappa shape index (κ2) is 7.63. The minimum Gasteiger partial charge on any atom is -0.376 e. The number of carbonyl (C=O) groups is 1. The lowest BCUT2D eigenvalue weighted by Crippen LogP contribution is -2.25. The Bertz CT molecular complexity index is 770. The first-order chi connectivity index (χ1) is 11.6. The molecule has 128 valence electrons. The SMILES string of the molecule is O=C(CSc1n[nH]c(=O)n1CC1CCCO1)Nc1cccc(F)c1. The number of hydrogen-bond donors (Lipinski definition) is 2. The molecule has 2 heterocycles. The van der Waals surface area contributed by atoms with E-state index in [0.717, 1.165) is 24.6 Å². The molecule has 1 aromatic carbocycles. The van der Waals surface area contributed by atoms with Gasteiger partial charge in [-0.15, -0.1) is 5.10 Å². The zero-order valence-corrected chi connectivity index (χ0v) is 13.6. The molecule has 1 amide bonds. The van der Waals surface area contributed by atoms with Gasteiger partial charge in [0.05, 0.1) is 18.4 Å². The van der Waals surface area contributed by atoms with Crippen LogP contribution in [0.15, 0.2) is 34.2 Å². The van der Waals surface area contributed by atoms with Crippen molar-refractivity contribution in [3.63, 3.8) is 0 Å². The normalized spacial score (nSPS) is 17.1. The Morgan fingerprint density at radius 2 is 2.42 bits per heavy atom. The van der Waals surface area contributed by atoms with E-state index in [2.05, 4.69) is 15.5 Å². The van der Waals surface area contributed by atoms with Gasteiger partial charge in [-0.2, -0.15) is 0 Å². The number of nitrogens with one attached hydrogen (secondary N) is 2. The third-order valence-electron chi connectivity index (χ3n) is 3.57. The quantitative estimate of drug-likeness (QED) is 0.771. The van der Waals surface area contributed by atoms with Crippen molar-refractivity contribution in [2.24, 2.45) is 0 Å². The third kappa shape index (κ3) is 4.24. The summed E-state index contributed by atoms with van der Waals surface area (Å²) in [6, 6.07) is 5.67. The second-order valence-corrected chi connectivity index (χ2v) is 6.35. The summed E-state index contributed by atoms with van der Waals surface area (Å²) in [6.07, 6.45) is 1.89. The molecule has 1 atom stereocenters. The third-order valence-corrected chi connectivity index (χ3v) is 4.55. The average Bonchev–Trinajstić information content (AvgIpc) is 3.17. The lowest BCUT2D eigenvalue weighted by atomic mass is 10.2. The molecule has 3 rings (SSSR count). The standard InChI is InChI=1S/C15H17FN4O3S/c16-10-3-1-4-11(7-10)17-13(21)9-24-15-19-18-14(22)20(15)8-12-5-2-6-23-12/h1,3-4,7,12H,2,5-6,8-9H2,(H,17,21)(H,18,22). The summed E-state index contributed by atoms with van der Waals surface area (Å²) >= 11 is 1.14. The number of H-pyrrole nitrogens is 1. The Morgan fingerprint density at radius 1 is 1.54 bits per heavy atom. The molecule has 0 bridgehead atoms. The van der Waals surface area contributed by atoms with Gasteiger partial charge in [-0.05, 0) is 31.0 Å². The number of carbonyl (C=O) groups excluding carboxylic acids is 1. The van der Waals surface area contributed by atoms with E-state index in [9.17, 15) is 14.0 Å². The number of hydrogen-bond acceptors (Lipinski definition) is 5. The van der Waals surface area contributed by atoms with Crippen LogP contribution in [0, 0.1) is 5.82 Å². The van der Waals surface area contributed by atoms with Crippen molar-refractivity contribution in [3.8, 4) is 0 Å². The van der Waals surface area contributed by atoms with Crippen molar-refractivity contribution >= 4 is 23.4 Å². The molecule has 0 spiro atoms. The zero-order chi connectivity index (χ0) is 16.9. The number of aromatic amines is 1. The molecule has 0 radical (unpaired) electrons.